The quantitative estimate of drug-likeness (QED) is 0.833. The first-order valence-electron chi connectivity index (χ1n) is 7.31. The number of nitriles is 1. The minimum atomic E-state index is -3.63. The van der Waals surface area contributed by atoms with Crippen LogP contribution in [-0.2, 0) is 26.2 Å². The molecule has 1 aliphatic rings. The average Bonchev–Trinajstić information content (AvgIpc) is 2.89. The molecule has 0 amide bonds. The predicted molar refractivity (Wildman–Crippen MR) is 89.1 cm³/mol. The second-order valence-electron chi connectivity index (χ2n) is 5.24. The van der Waals surface area contributed by atoms with Gasteiger partial charge < -0.3 is 4.74 Å². The maximum absolute atomic E-state index is 11.9. The van der Waals surface area contributed by atoms with E-state index in [-0.39, 0.29) is 23.9 Å². The molecule has 2 aromatic carbocycles. The lowest BCUT2D eigenvalue weighted by atomic mass is 10.1. The van der Waals surface area contributed by atoms with E-state index in [2.05, 4.69) is 9.71 Å². The van der Waals surface area contributed by atoms with Crippen molar-refractivity contribution in [3.05, 3.63) is 65.2 Å². The Balaban J connectivity index is 1.65. The van der Waals surface area contributed by atoms with Crippen LogP contribution in [0.15, 0.2) is 58.4 Å². The summed E-state index contributed by atoms with van der Waals surface area (Å²) in [6.45, 7) is -0.300. The lowest BCUT2D eigenvalue weighted by Gasteiger charge is -2.04. The third kappa shape index (κ3) is 3.67. The molecule has 0 unspecified atom stereocenters. The molecular weight excluding hydrogens is 342 g/mol. The maximum Gasteiger partial charge on any atom is 0.328 e. The lowest BCUT2D eigenvalue weighted by molar-refractivity contribution is -0.143. The number of esters is 1. The van der Waals surface area contributed by atoms with Crippen LogP contribution in [0.2, 0.25) is 0 Å². The molecule has 0 radical (unpaired) electrons. The van der Waals surface area contributed by atoms with Crippen molar-refractivity contribution in [1.82, 2.24) is 4.72 Å². The van der Waals surface area contributed by atoms with Crippen molar-refractivity contribution in [2.45, 2.75) is 11.5 Å². The molecule has 0 spiro atoms. The van der Waals surface area contributed by atoms with Gasteiger partial charge >= 0.3 is 5.97 Å². The van der Waals surface area contributed by atoms with Crippen molar-refractivity contribution in [2.75, 3.05) is 6.54 Å². The highest BCUT2D eigenvalue weighted by molar-refractivity contribution is 7.90. The molecule has 126 valence electrons. The fourth-order valence-corrected chi connectivity index (χ4v) is 3.59. The van der Waals surface area contributed by atoms with Crippen LogP contribution in [0, 0.1) is 11.3 Å². The standard InChI is InChI=1S/C17H13N3O4S/c18-9-12-4-3-5-13(8-12)11-24-16(21)10-19-17-14-6-1-2-7-15(14)25(22,23)20-17/h1-8H,10-11H2,(H,19,20). The summed E-state index contributed by atoms with van der Waals surface area (Å²) in [5.74, 6) is -0.475. The monoisotopic (exact) mass is 355 g/mol. The summed E-state index contributed by atoms with van der Waals surface area (Å²) in [5.41, 5.74) is 1.59. The summed E-state index contributed by atoms with van der Waals surface area (Å²) in [5, 5.41) is 8.84. The molecule has 0 bridgehead atoms. The highest BCUT2D eigenvalue weighted by Crippen LogP contribution is 2.22. The van der Waals surface area contributed by atoms with Gasteiger partial charge in [-0.1, -0.05) is 24.3 Å². The number of fused-ring (bicyclic) bond motifs is 1. The molecule has 1 heterocycles. The van der Waals surface area contributed by atoms with Gasteiger partial charge in [-0.25, -0.2) is 8.42 Å². The highest BCUT2D eigenvalue weighted by Gasteiger charge is 2.30. The van der Waals surface area contributed by atoms with Crippen LogP contribution in [0.3, 0.4) is 0 Å². The van der Waals surface area contributed by atoms with E-state index in [1.807, 2.05) is 6.07 Å². The van der Waals surface area contributed by atoms with Gasteiger partial charge in [0.25, 0.3) is 10.0 Å². The van der Waals surface area contributed by atoms with E-state index in [4.69, 9.17) is 10.00 Å². The molecule has 8 heteroatoms. The zero-order valence-electron chi connectivity index (χ0n) is 13.0. The number of sulfonamides is 1. The van der Waals surface area contributed by atoms with Crippen LogP contribution in [0.4, 0.5) is 0 Å². The van der Waals surface area contributed by atoms with E-state index in [0.29, 0.717) is 16.7 Å². The van der Waals surface area contributed by atoms with Gasteiger partial charge in [-0.2, -0.15) is 5.26 Å². The van der Waals surface area contributed by atoms with Gasteiger partial charge in [0.1, 0.15) is 19.0 Å². The van der Waals surface area contributed by atoms with Crippen molar-refractivity contribution >= 4 is 21.8 Å². The Morgan fingerprint density at radius 2 is 2.00 bits per heavy atom. The van der Waals surface area contributed by atoms with E-state index < -0.39 is 16.0 Å². The number of nitrogens with one attached hydrogen (secondary N) is 1. The number of amidine groups is 1. The molecule has 0 aromatic heterocycles. The zero-order valence-corrected chi connectivity index (χ0v) is 13.8. The second kappa shape index (κ2) is 6.75. The van der Waals surface area contributed by atoms with Crippen LogP contribution in [-0.4, -0.2) is 26.8 Å². The lowest BCUT2D eigenvalue weighted by Crippen LogP contribution is -2.23. The predicted octanol–water partition coefficient (Wildman–Crippen LogP) is 1.34. The summed E-state index contributed by atoms with van der Waals surface area (Å²) in [4.78, 5) is 16.0. The molecule has 0 atom stereocenters. The van der Waals surface area contributed by atoms with Gasteiger partial charge in [0.05, 0.1) is 16.5 Å². The van der Waals surface area contributed by atoms with Crippen molar-refractivity contribution in [1.29, 1.82) is 5.26 Å². The Hall–Kier alpha value is -3.18. The number of carbonyl (C=O) groups is 1. The number of carbonyl (C=O) groups excluding carboxylic acids is 1. The third-order valence-electron chi connectivity index (χ3n) is 3.48. The highest BCUT2D eigenvalue weighted by atomic mass is 32.2. The van der Waals surface area contributed by atoms with Gasteiger partial charge in [0.15, 0.2) is 0 Å². The first-order chi connectivity index (χ1) is 12.0. The fourth-order valence-electron chi connectivity index (χ4n) is 2.34. The maximum atomic E-state index is 11.9. The van der Waals surface area contributed by atoms with E-state index >= 15 is 0 Å². The number of rotatable bonds is 4. The zero-order chi connectivity index (χ0) is 17.9. The van der Waals surface area contributed by atoms with Gasteiger partial charge in [0, 0.05) is 5.56 Å². The topological polar surface area (TPSA) is 109 Å². The molecule has 3 rings (SSSR count). The minimum absolute atomic E-state index is 0.0154. The molecule has 2 aromatic rings. The average molecular weight is 355 g/mol. The summed E-state index contributed by atoms with van der Waals surface area (Å²) < 4.78 is 31.3. The number of ether oxygens (including phenoxy) is 1. The molecule has 1 N–H and O–H groups in total. The van der Waals surface area contributed by atoms with E-state index in [1.54, 1.807) is 42.5 Å². The molecule has 25 heavy (non-hydrogen) atoms. The Morgan fingerprint density at radius 1 is 1.20 bits per heavy atom. The SMILES string of the molecule is N#Cc1cccc(COC(=O)CN=C2NS(=O)(=O)c3ccccc32)c1. The Bertz CT molecular complexity index is 1010. The van der Waals surface area contributed by atoms with Crippen LogP contribution < -0.4 is 4.72 Å². The number of nitrogens with zero attached hydrogens (tertiary/aromatic N) is 2. The Kier molecular flexibility index (Phi) is 4.50. The van der Waals surface area contributed by atoms with E-state index in [1.165, 1.54) is 6.07 Å². The van der Waals surface area contributed by atoms with Gasteiger partial charge in [-0.3, -0.25) is 14.5 Å². The fraction of sp³-hybridized carbons (Fsp3) is 0.118. The van der Waals surface area contributed by atoms with Crippen molar-refractivity contribution in [3.63, 3.8) is 0 Å². The van der Waals surface area contributed by atoms with E-state index in [9.17, 15) is 13.2 Å². The van der Waals surface area contributed by atoms with E-state index in [0.717, 1.165) is 0 Å². The molecule has 0 fully saturated rings. The number of hydrogen-bond donors (Lipinski definition) is 1. The smallest absolute Gasteiger partial charge is 0.328 e. The summed E-state index contributed by atoms with van der Waals surface area (Å²) in [6, 6.07) is 15.1. The third-order valence-corrected chi connectivity index (χ3v) is 4.88. The number of hydrogen-bond acceptors (Lipinski definition) is 6. The molecular formula is C17H13N3O4S. The molecule has 0 saturated carbocycles. The summed E-state index contributed by atoms with van der Waals surface area (Å²) in [6.07, 6.45) is 0. The molecule has 1 aliphatic heterocycles. The number of benzene rings is 2. The molecule has 7 nitrogen and oxygen atoms in total. The first-order valence-corrected chi connectivity index (χ1v) is 8.79. The second-order valence-corrected chi connectivity index (χ2v) is 6.89. The normalized spacial score (nSPS) is 15.9. The van der Waals surface area contributed by atoms with Gasteiger partial charge in [0.2, 0.25) is 0 Å². The van der Waals surface area contributed by atoms with Crippen LogP contribution >= 0.6 is 0 Å². The van der Waals surface area contributed by atoms with Crippen LogP contribution in [0.1, 0.15) is 16.7 Å². The molecule has 0 saturated heterocycles. The first kappa shape index (κ1) is 16.7. The molecule has 0 aliphatic carbocycles. The Labute approximate surface area is 144 Å². The van der Waals surface area contributed by atoms with Gasteiger partial charge in [-0.15, -0.1) is 0 Å². The summed E-state index contributed by atoms with van der Waals surface area (Å²) in [7, 11) is -3.63. The van der Waals surface area contributed by atoms with Crippen LogP contribution in [0.25, 0.3) is 0 Å². The van der Waals surface area contributed by atoms with Crippen LogP contribution in [0.5, 0.6) is 0 Å². The number of aliphatic imine (C=N–C) groups is 1. The van der Waals surface area contributed by atoms with Crippen molar-refractivity contribution in [3.8, 4) is 6.07 Å². The van der Waals surface area contributed by atoms with Gasteiger partial charge in [-0.05, 0) is 29.8 Å². The van der Waals surface area contributed by atoms with Crippen molar-refractivity contribution < 1.29 is 17.9 Å². The summed E-state index contributed by atoms with van der Waals surface area (Å²) >= 11 is 0. The Morgan fingerprint density at radius 3 is 2.80 bits per heavy atom. The van der Waals surface area contributed by atoms with Crippen molar-refractivity contribution in [2.24, 2.45) is 4.99 Å². The largest absolute Gasteiger partial charge is 0.459 e. The minimum Gasteiger partial charge on any atom is -0.459 e.